The van der Waals surface area contributed by atoms with E-state index in [0.29, 0.717) is 0 Å². The second-order valence-corrected chi connectivity index (χ2v) is 20.7. The summed E-state index contributed by atoms with van der Waals surface area (Å²) in [5.41, 5.74) is 10.6. The fourth-order valence-electron chi connectivity index (χ4n) is 10.9. The summed E-state index contributed by atoms with van der Waals surface area (Å²) < 4.78 is 7.44. The molecule has 0 aliphatic rings. The van der Waals surface area contributed by atoms with E-state index in [-0.39, 0.29) is 0 Å². The Morgan fingerprint density at radius 3 is 1.06 bits per heavy atom. The number of hydrogen-bond acceptors (Lipinski definition) is 0. The van der Waals surface area contributed by atoms with E-state index in [0.717, 1.165) is 17.1 Å². The summed E-state index contributed by atoms with van der Waals surface area (Å²) in [5.74, 6) is 0. The molecular formula is C60H41N3Si. The third-order valence-corrected chi connectivity index (χ3v) is 18.3. The molecule has 3 heterocycles. The molecule has 0 saturated carbocycles. The number of para-hydroxylation sites is 4. The third-order valence-electron chi connectivity index (χ3n) is 13.6. The van der Waals surface area contributed by atoms with E-state index in [4.69, 9.17) is 0 Å². The van der Waals surface area contributed by atoms with E-state index in [2.05, 4.69) is 262 Å². The predicted octanol–water partition coefficient (Wildman–Crippen LogP) is 12.4. The Morgan fingerprint density at radius 2 is 0.594 bits per heavy atom. The van der Waals surface area contributed by atoms with Crippen molar-refractivity contribution in [2.45, 2.75) is 0 Å². The second kappa shape index (κ2) is 14.5. The van der Waals surface area contributed by atoms with Gasteiger partial charge in [0.25, 0.3) is 0 Å². The molecule has 0 N–H and O–H groups in total. The van der Waals surface area contributed by atoms with Gasteiger partial charge in [-0.15, -0.1) is 0 Å². The van der Waals surface area contributed by atoms with Crippen LogP contribution in [-0.4, -0.2) is 21.8 Å². The van der Waals surface area contributed by atoms with E-state index >= 15 is 0 Å². The number of hydrogen-bond donors (Lipinski definition) is 0. The van der Waals surface area contributed by atoms with Crippen molar-refractivity contribution in [3.63, 3.8) is 0 Å². The minimum absolute atomic E-state index is 1.13. The molecule has 0 spiro atoms. The molecular weight excluding hydrogens is 791 g/mol. The molecule has 64 heavy (non-hydrogen) atoms. The van der Waals surface area contributed by atoms with Crippen molar-refractivity contribution in [1.29, 1.82) is 0 Å². The molecule has 3 aromatic heterocycles. The van der Waals surface area contributed by atoms with Crippen LogP contribution < -0.4 is 20.7 Å². The first-order valence-electron chi connectivity index (χ1n) is 22.1. The summed E-state index contributed by atoms with van der Waals surface area (Å²) >= 11 is 0. The van der Waals surface area contributed by atoms with Crippen LogP contribution in [0.5, 0.6) is 0 Å². The van der Waals surface area contributed by atoms with Crippen LogP contribution in [0.4, 0.5) is 0 Å². The van der Waals surface area contributed by atoms with Gasteiger partial charge in [0, 0.05) is 49.4 Å². The van der Waals surface area contributed by atoms with Crippen LogP contribution in [0.1, 0.15) is 0 Å². The van der Waals surface area contributed by atoms with Crippen molar-refractivity contribution in [2.75, 3.05) is 0 Å². The quantitative estimate of drug-likeness (QED) is 0.112. The zero-order valence-electron chi connectivity index (χ0n) is 35.0. The van der Waals surface area contributed by atoms with Gasteiger partial charge in [0.15, 0.2) is 8.07 Å². The minimum atomic E-state index is -2.81. The molecule has 13 rings (SSSR count). The predicted molar refractivity (Wildman–Crippen MR) is 273 cm³/mol. The minimum Gasteiger partial charge on any atom is -0.309 e. The zero-order valence-corrected chi connectivity index (χ0v) is 36.0. The highest BCUT2D eigenvalue weighted by Crippen LogP contribution is 2.43. The molecule has 13 aromatic rings. The van der Waals surface area contributed by atoms with E-state index < -0.39 is 8.07 Å². The van der Waals surface area contributed by atoms with E-state index in [1.807, 2.05) is 0 Å². The second-order valence-electron chi connectivity index (χ2n) is 16.9. The molecule has 3 nitrogen and oxygen atoms in total. The molecule has 300 valence electrons. The Morgan fingerprint density at radius 1 is 0.219 bits per heavy atom. The van der Waals surface area contributed by atoms with Gasteiger partial charge in [-0.2, -0.15) is 0 Å². The first kappa shape index (κ1) is 36.5. The molecule has 0 atom stereocenters. The Balaban J connectivity index is 1.17. The molecule has 0 saturated heterocycles. The maximum Gasteiger partial charge on any atom is 0.179 e. The van der Waals surface area contributed by atoms with E-state index in [1.165, 1.54) is 86.2 Å². The zero-order chi connectivity index (χ0) is 42.2. The van der Waals surface area contributed by atoms with Gasteiger partial charge in [0.05, 0.1) is 33.1 Å². The smallest absolute Gasteiger partial charge is 0.179 e. The third kappa shape index (κ3) is 5.27. The van der Waals surface area contributed by atoms with Gasteiger partial charge < -0.3 is 13.7 Å². The maximum absolute atomic E-state index is 2.81. The van der Waals surface area contributed by atoms with E-state index in [1.54, 1.807) is 0 Å². The van der Waals surface area contributed by atoms with Crippen molar-refractivity contribution >= 4 is 94.2 Å². The van der Waals surface area contributed by atoms with Gasteiger partial charge in [-0.25, -0.2) is 0 Å². The number of fused-ring (bicyclic) bond motifs is 10. The average molecular weight is 832 g/mol. The SMILES string of the molecule is c1ccc(-n2c3ccc(-n4c5ccccc5c5ccccc54)cc3c3ccc4c5cc([Si](c6ccccc6)(c6ccccc6)c6ccccc6)ccc5n(-c5ccccc5)c4c32)cc1. The highest BCUT2D eigenvalue weighted by molar-refractivity contribution is 7.20. The highest BCUT2D eigenvalue weighted by atomic mass is 28.3. The molecule has 4 heteroatoms. The van der Waals surface area contributed by atoms with Crippen molar-refractivity contribution in [3.8, 4) is 17.1 Å². The standard InChI is InChI=1S/C60H41N3Si/c1-6-20-42(21-7-1)62-57-38-34-44(61-55-32-18-16-30-49(55)50-31-17-19-33-56(50)61)40-53(57)51-36-37-52-54-41-48(35-39-58(54)63(60(52)59(51)62)43-22-8-2-9-23-43)64(45-24-10-3-11-25-45,46-26-12-4-13-27-46)47-28-14-5-15-29-47/h1-41H. The van der Waals surface area contributed by atoms with Gasteiger partial charge in [-0.05, 0) is 81.4 Å². The highest BCUT2D eigenvalue weighted by Gasteiger charge is 2.41. The molecule has 0 aliphatic heterocycles. The lowest BCUT2D eigenvalue weighted by atomic mass is 10.1. The first-order chi connectivity index (χ1) is 31.8. The lowest BCUT2D eigenvalue weighted by Crippen LogP contribution is -2.74. The van der Waals surface area contributed by atoms with Crippen LogP contribution in [-0.2, 0) is 0 Å². The van der Waals surface area contributed by atoms with Crippen molar-refractivity contribution in [3.05, 3.63) is 249 Å². The molecule has 0 radical (unpaired) electrons. The number of nitrogens with zero attached hydrogens (tertiary/aromatic N) is 3. The number of benzene rings is 10. The van der Waals surface area contributed by atoms with Gasteiger partial charge in [0.1, 0.15) is 0 Å². The Hall–Kier alpha value is -8.18. The van der Waals surface area contributed by atoms with E-state index in [9.17, 15) is 0 Å². The Kier molecular flexibility index (Phi) is 8.23. The maximum atomic E-state index is 2.54. The summed E-state index contributed by atoms with van der Waals surface area (Å²) in [4.78, 5) is 0. The molecule has 0 unspecified atom stereocenters. The fraction of sp³-hybridized carbons (Fsp3) is 0. The fourth-order valence-corrected chi connectivity index (χ4v) is 15.7. The van der Waals surface area contributed by atoms with Crippen LogP contribution in [0.25, 0.3) is 82.5 Å². The van der Waals surface area contributed by atoms with Crippen LogP contribution in [0.15, 0.2) is 249 Å². The van der Waals surface area contributed by atoms with Gasteiger partial charge in [0.2, 0.25) is 0 Å². The van der Waals surface area contributed by atoms with Crippen molar-refractivity contribution in [2.24, 2.45) is 0 Å². The molecule has 0 fully saturated rings. The lowest BCUT2D eigenvalue weighted by molar-refractivity contribution is 1.15. The monoisotopic (exact) mass is 831 g/mol. The lowest BCUT2D eigenvalue weighted by Gasteiger charge is -2.34. The van der Waals surface area contributed by atoms with Gasteiger partial charge >= 0.3 is 0 Å². The van der Waals surface area contributed by atoms with Crippen molar-refractivity contribution in [1.82, 2.24) is 13.7 Å². The molecule has 0 amide bonds. The summed E-state index contributed by atoms with van der Waals surface area (Å²) in [7, 11) is -2.81. The van der Waals surface area contributed by atoms with Crippen molar-refractivity contribution < 1.29 is 0 Å². The molecule has 0 bridgehead atoms. The molecule has 10 aromatic carbocycles. The number of aromatic nitrogens is 3. The number of rotatable bonds is 7. The average Bonchev–Trinajstić information content (AvgIpc) is 4.01. The van der Waals surface area contributed by atoms with Crippen LogP contribution in [0.2, 0.25) is 0 Å². The van der Waals surface area contributed by atoms with Gasteiger partial charge in [-0.1, -0.05) is 188 Å². The van der Waals surface area contributed by atoms with Crippen LogP contribution in [0, 0.1) is 0 Å². The van der Waals surface area contributed by atoms with Crippen LogP contribution >= 0.6 is 0 Å². The first-order valence-corrected chi connectivity index (χ1v) is 24.1. The summed E-state index contributed by atoms with van der Waals surface area (Å²) in [6.07, 6.45) is 0. The molecule has 0 aliphatic carbocycles. The Bertz CT molecular complexity index is 3720. The normalized spacial score (nSPS) is 12.1. The summed E-state index contributed by atoms with van der Waals surface area (Å²) in [5, 5.41) is 12.9. The van der Waals surface area contributed by atoms with Crippen LogP contribution in [0.3, 0.4) is 0 Å². The Labute approximate surface area is 372 Å². The summed E-state index contributed by atoms with van der Waals surface area (Å²) in [6, 6.07) is 92.3. The largest absolute Gasteiger partial charge is 0.309 e. The summed E-state index contributed by atoms with van der Waals surface area (Å²) in [6.45, 7) is 0. The van der Waals surface area contributed by atoms with Gasteiger partial charge in [-0.3, -0.25) is 0 Å². The topological polar surface area (TPSA) is 14.8 Å².